The third-order valence-electron chi connectivity index (χ3n) is 5.07. The number of benzene rings is 2. The van der Waals surface area contributed by atoms with Gasteiger partial charge in [-0.2, -0.15) is 0 Å². The van der Waals surface area contributed by atoms with Crippen LogP contribution in [0.2, 0.25) is 0 Å². The summed E-state index contributed by atoms with van der Waals surface area (Å²) in [4.78, 5) is 16.7. The number of unbranched alkanes of at least 4 members (excludes halogenated alkanes) is 3. The molecule has 1 aliphatic heterocycles. The second-order valence-electron chi connectivity index (χ2n) is 8.64. The monoisotopic (exact) mass is 405 g/mol. The fourth-order valence-corrected chi connectivity index (χ4v) is 3.18. The van der Waals surface area contributed by atoms with Gasteiger partial charge in [0.2, 0.25) is 5.90 Å². The Hall–Kier alpha value is -2.88. The first-order valence-corrected chi connectivity index (χ1v) is 10.7. The average Bonchev–Trinajstić information content (AvgIpc) is 3.09. The highest BCUT2D eigenvalue weighted by Crippen LogP contribution is 2.25. The lowest BCUT2D eigenvalue weighted by Gasteiger charge is -2.18. The van der Waals surface area contributed by atoms with Crippen LogP contribution in [-0.2, 0) is 14.9 Å². The van der Waals surface area contributed by atoms with Gasteiger partial charge in [-0.1, -0.05) is 71.2 Å². The van der Waals surface area contributed by atoms with Gasteiger partial charge in [0.25, 0.3) is 0 Å². The molecule has 1 heterocycles. The van der Waals surface area contributed by atoms with Gasteiger partial charge in [-0.15, -0.1) is 0 Å². The number of ether oxygens (including phenoxy) is 2. The Bertz CT molecular complexity index is 916. The third-order valence-corrected chi connectivity index (χ3v) is 5.07. The summed E-state index contributed by atoms with van der Waals surface area (Å²) in [5.41, 5.74) is 3.28. The molecule has 4 nitrogen and oxygen atoms in total. The van der Waals surface area contributed by atoms with E-state index in [0.29, 0.717) is 11.6 Å². The molecule has 0 bridgehead atoms. The number of carbonyl (C=O) groups excluding carboxylic acids is 1. The molecule has 0 aliphatic carbocycles. The first kappa shape index (κ1) is 21.8. The number of rotatable bonds is 8. The molecule has 1 aliphatic rings. The molecular weight excluding hydrogens is 374 g/mol. The molecule has 0 spiro atoms. The molecule has 0 saturated carbocycles. The van der Waals surface area contributed by atoms with E-state index in [1.807, 2.05) is 48.5 Å². The molecular formula is C26H31NO3. The largest absolute Gasteiger partial charge is 0.494 e. The van der Waals surface area contributed by atoms with Gasteiger partial charge in [0, 0.05) is 5.56 Å². The van der Waals surface area contributed by atoms with Crippen molar-refractivity contribution in [3.05, 3.63) is 70.9 Å². The van der Waals surface area contributed by atoms with Gasteiger partial charge in [-0.3, -0.25) is 0 Å². The van der Waals surface area contributed by atoms with Crippen molar-refractivity contribution in [1.82, 2.24) is 0 Å². The van der Waals surface area contributed by atoms with Gasteiger partial charge < -0.3 is 9.47 Å². The molecule has 3 rings (SSSR count). The van der Waals surface area contributed by atoms with Crippen LogP contribution in [-0.4, -0.2) is 18.5 Å². The molecule has 2 aromatic rings. The van der Waals surface area contributed by atoms with E-state index in [1.54, 1.807) is 6.08 Å². The summed E-state index contributed by atoms with van der Waals surface area (Å²) in [5.74, 6) is 0.755. The maximum atomic E-state index is 12.3. The van der Waals surface area contributed by atoms with Gasteiger partial charge in [0.05, 0.1) is 6.61 Å². The summed E-state index contributed by atoms with van der Waals surface area (Å²) < 4.78 is 11.2. The molecule has 0 radical (unpaired) electrons. The van der Waals surface area contributed by atoms with E-state index in [9.17, 15) is 4.79 Å². The highest BCUT2D eigenvalue weighted by molar-refractivity contribution is 6.12. The van der Waals surface area contributed by atoms with Crippen LogP contribution in [0.15, 0.2) is 59.2 Å². The van der Waals surface area contributed by atoms with Crippen molar-refractivity contribution in [2.45, 2.75) is 58.8 Å². The zero-order valence-electron chi connectivity index (χ0n) is 18.4. The van der Waals surface area contributed by atoms with E-state index >= 15 is 0 Å². The fourth-order valence-electron chi connectivity index (χ4n) is 3.18. The lowest BCUT2D eigenvalue weighted by molar-refractivity contribution is -0.129. The molecule has 0 fully saturated rings. The second kappa shape index (κ2) is 9.75. The minimum atomic E-state index is -0.429. The zero-order valence-corrected chi connectivity index (χ0v) is 18.4. The molecule has 0 atom stereocenters. The van der Waals surface area contributed by atoms with E-state index in [-0.39, 0.29) is 5.41 Å². The van der Waals surface area contributed by atoms with Crippen LogP contribution in [0.25, 0.3) is 6.08 Å². The van der Waals surface area contributed by atoms with Gasteiger partial charge in [0.1, 0.15) is 5.75 Å². The van der Waals surface area contributed by atoms with Gasteiger partial charge >= 0.3 is 5.97 Å². The molecule has 4 heteroatoms. The minimum Gasteiger partial charge on any atom is -0.494 e. The molecule has 158 valence electrons. The maximum absolute atomic E-state index is 12.3. The highest BCUT2D eigenvalue weighted by atomic mass is 16.6. The smallest absolute Gasteiger partial charge is 0.363 e. The van der Waals surface area contributed by atoms with Gasteiger partial charge in [-0.05, 0) is 53.3 Å². The number of cyclic esters (lactones) is 1. The van der Waals surface area contributed by atoms with E-state index < -0.39 is 5.97 Å². The van der Waals surface area contributed by atoms with E-state index in [4.69, 9.17) is 9.47 Å². The van der Waals surface area contributed by atoms with E-state index in [2.05, 4.69) is 32.7 Å². The minimum absolute atomic E-state index is 0.0726. The van der Waals surface area contributed by atoms with Crippen LogP contribution in [0.1, 0.15) is 70.1 Å². The molecule has 2 aromatic carbocycles. The zero-order chi connectivity index (χ0) is 21.6. The number of esters is 1. The fraction of sp³-hybridized carbons (Fsp3) is 0.385. The van der Waals surface area contributed by atoms with E-state index in [0.717, 1.165) is 29.9 Å². The molecule has 30 heavy (non-hydrogen) atoms. The predicted octanol–water partition coefficient (Wildman–Crippen LogP) is 6.29. The van der Waals surface area contributed by atoms with Crippen LogP contribution in [0, 0.1) is 0 Å². The quantitative estimate of drug-likeness (QED) is 0.295. The average molecular weight is 406 g/mol. The Labute approximate surface area is 179 Å². The second-order valence-corrected chi connectivity index (χ2v) is 8.64. The van der Waals surface area contributed by atoms with Crippen LogP contribution in [0.5, 0.6) is 5.75 Å². The van der Waals surface area contributed by atoms with Crippen molar-refractivity contribution in [3.63, 3.8) is 0 Å². The van der Waals surface area contributed by atoms with Crippen LogP contribution in [0.3, 0.4) is 0 Å². The van der Waals surface area contributed by atoms with E-state index in [1.165, 1.54) is 24.8 Å². The van der Waals surface area contributed by atoms with Crippen LogP contribution >= 0.6 is 0 Å². The summed E-state index contributed by atoms with van der Waals surface area (Å²) >= 11 is 0. The van der Waals surface area contributed by atoms with Crippen molar-refractivity contribution >= 4 is 17.9 Å². The summed E-state index contributed by atoms with van der Waals surface area (Å²) in [6.45, 7) is 9.43. The summed E-state index contributed by atoms with van der Waals surface area (Å²) in [5, 5.41) is 0. The highest BCUT2D eigenvalue weighted by Gasteiger charge is 2.24. The number of nitrogens with zero attached hydrogens (tertiary/aromatic N) is 1. The first-order chi connectivity index (χ1) is 14.4. The number of hydrogen-bond acceptors (Lipinski definition) is 4. The molecule has 0 N–H and O–H groups in total. The predicted molar refractivity (Wildman–Crippen MR) is 122 cm³/mol. The van der Waals surface area contributed by atoms with Crippen molar-refractivity contribution in [3.8, 4) is 5.75 Å². The first-order valence-electron chi connectivity index (χ1n) is 10.7. The maximum Gasteiger partial charge on any atom is 0.363 e. The van der Waals surface area contributed by atoms with Gasteiger partial charge in [-0.25, -0.2) is 9.79 Å². The summed E-state index contributed by atoms with van der Waals surface area (Å²) in [6, 6.07) is 15.7. The Morgan fingerprint density at radius 1 is 0.967 bits per heavy atom. The Morgan fingerprint density at radius 2 is 1.67 bits per heavy atom. The Balaban J connectivity index is 1.65. The molecule has 0 aromatic heterocycles. The van der Waals surface area contributed by atoms with Crippen molar-refractivity contribution in [1.29, 1.82) is 0 Å². The van der Waals surface area contributed by atoms with Crippen LogP contribution in [0.4, 0.5) is 0 Å². The summed E-state index contributed by atoms with van der Waals surface area (Å²) in [6.07, 6.45) is 6.47. The molecule has 0 unspecified atom stereocenters. The Morgan fingerprint density at radius 3 is 2.30 bits per heavy atom. The van der Waals surface area contributed by atoms with Crippen molar-refractivity contribution < 1.29 is 14.3 Å². The van der Waals surface area contributed by atoms with Crippen molar-refractivity contribution in [2.75, 3.05) is 6.61 Å². The lowest BCUT2D eigenvalue weighted by Crippen LogP contribution is -2.11. The molecule has 0 saturated heterocycles. The van der Waals surface area contributed by atoms with Gasteiger partial charge in [0.15, 0.2) is 5.70 Å². The van der Waals surface area contributed by atoms with Crippen LogP contribution < -0.4 is 4.74 Å². The summed E-state index contributed by atoms with van der Waals surface area (Å²) in [7, 11) is 0. The lowest BCUT2D eigenvalue weighted by atomic mass is 9.87. The normalized spacial score (nSPS) is 15.3. The standard InChI is InChI=1S/C26H31NO3/c1-5-6-7-8-17-29-22-15-9-19(10-16-22)18-23-25(28)30-24(27-23)20-11-13-21(14-12-20)26(2,3)4/h9-16,18H,5-8,17H2,1-4H3/b23-18+. The third kappa shape index (κ3) is 5.82. The number of aliphatic imine (C=N–C) groups is 1. The number of hydrogen-bond donors (Lipinski definition) is 0. The number of carbonyl (C=O) groups is 1. The molecule has 0 amide bonds. The Kier molecular flexibility index (Phi) is 7.09. The van der Waals surface area contributed by atoms with Crippen molar-refractivity contribution in [2.24, 2.45) is 4.99 Å². The SMILES string of the molecule is CCCCCCOc1ccc(/C=C2/N=C(c3ccc(C(C)(C)C)cc3)OC2=O)cc1. The topological polar surface area (TPSA) is 47.9 Å².